The molecule has 13 heavy (non-hydrogen) atoms. The second-order valence-electron chi connectivity index (χ2n) is 1.89. The van der Waals surface area contributed by atoms with Crippen LogP contribution in [0.25, 0.3) is 0 Å². The summed E-state index contributed by atoms with van der Waals surface area (Å²) in [7, 11) is 4.07. The molecule has 0 fully saturated rings. The maximum absolute atomic E-state index is 11.2. The number of carbonyl (C=O) groups excluding carboxylic acids is 2. The molecular weight excluding hydrogens is 233 g/mol. The van der Waals surface area contributed by atoms with Crippen molar-refractivity contribution in [3.05, 3.63) is 0 Å². The smallest absolute Gasteiger partial charge is 0.296 e. The van der Waals surface area contributed by atoms with Gasteiger partial charge in [0.2, 0.25) is 6.41 Å². The van der Waals surface area contributed by atoms with Crippen LogP contribution in [-0.4, -0.2) is 37.8 Å². The third-order valence-electron chi connectivity index (χ3n) is 1.08. The molecule has 0 aromatic heterocycles. The predicted octanol–water partition coefficient (Wildman–Crippen LogP) is 1.45. The van der Waals surface area contributed by atoms with Crippen LogP contribution < -0.4 is 0 Å². The predicted molar refractivity (Wildman–Crippen MR) is 55.1 cm³/mol. The van der Waals surface area contributed by atoms with Crippen LogP contribution in [0, 0.1) is 0 Å². The lowest BCUT2D eigenvalue weighted by Gasteiger charge is -2.17. The highest BCUT2D eigenvalue weighted by Crippen LogP contribution is 2.60. The molecule has 0 spiro atoms. The van der Waals surface area contributed by atoms with Crippen molar-refractivity contribution in [2.45, 2.75) is 0 Å². The van der Waals surface area contributed by atoms with Crippen molar-refractivity contribution < 1.29 is 18.6 Å². The van der Waals surface area contributed by atoms with Crippen molar-refractivity contribution in [1.82, 2.24) is 4.90 Å². The molecule has 5 nitrogen and oxygen atoms in total. The summed E-state index contributed by atoms with van der Waals surface area (Å²) in [6, 6.07) is 0. The standard InChI is InChI=1S/C5H10NO4PS2/c1-6(4-7)5(8)13-11(12,9-2)10-3/h4H,1-3H3. The van der Waals surface area contributed by atoms with Crippen LogP contribution in [0.2, 0.25) is 0 Å². The Labute approximate surface area is 85.7 Å². The van der Waals surface area contributed by atoms with Gasteiger partial charge in [0.15, 0.2) is 0 Å². The summed E-state index contributed by atoms with van der Waals surface area (Å²) >= 11 is 5.63. The topological polar surface area (TPSA) is 55.8 Å². The fourth-order valence-electron chi connectivity index (χ4n) is 0.352. The monoisotopic (exact) mass is 243 g/mol. The van der Waals surface area contributed by atoms with Gasteiger partial charge in [0.1, 0.15) is 0 Å². The molecule has 2 amide bonds. The minimum Gasteiger partial charge on any atom is -0.325 e. The number of nitrogens with zero attached hydrogens (tertiary/aromatic N) is 1. The van der Waals surface area contributed by atoms with Crippen molar-refractivity contribution in [3.63, 3.8) is 0 Å². The first kappa shape index (κ1) is 13.1. The quantitative estimate of drug-likeness (QED) is 0.550. The van der Waals surface area contributed by atoms with Crippen molar-refractivity contribution in [2.24, 2.45) is 0 Å². The zero-order valence-corrected chi connectivity index (χ0v) is 9.95. The first-order valence-corrected chi connectivity index (χ1v) is 7.18. The van der Waals surface area contributed by atoms with Gasteiger partial charge in [-0.25, -0.2) is 0 Å². The minimum atomic E-state index is -2.60. The highest BCUT2D eigenvalue weighted by Gasteiger charge is 2.23. The van der Waals surface area contributed by atoms with Gasteiger partial charge < -0.3 is 9.05 Å². The molecule has 0 atom stereocenters. The second kappa shape index (κ2) is 5.72. The largest absolute Gasteiger partial charge is 0.325 e. The van der Waals surface area contributed by atoms with Crippen LogP contribution in [0.3, 0.4) is 0 Å². The lowest BCUT2D eigenvalue weighted by atomic mass is 10.9. The molecule has 0 bridgehead atoms. The van der Waals surface area contributed by atoms with E-state index in [-0.39, 0.29) is 0 Å². The summed E-state index contributed by atoms with van der Waals surface area (Å²) in [5.41, 5.74) is -2.60. The Bertz CT molecular complexity index is 239. The van der Waals surface area contributed by atoms with E-state index in [1.54, 1.807) is 0 Å². The van der Waals surface area contributed by atoms with E-state index in [1.807, 2.05) is 0 Å². The molecule has 0 saturated carbocycles. The summed E-state index contributed by atoms with van der Waals surface area (Å²) in [6.07, 6.45) is 0.403. The van der Waals surface area contributed by atoms with E-state index in [0.29, 0.717) is 17.8 Å². The van der Waals surface area contributed by atoms with Gasteiger partial charge in [-0.05, 0) is 11.8 Å². The van der Waals surface area contributed by atoms with Gasteiger partial charge >= 0.3 is 0 Å². The molecule has 0 aliphatic carbocycles. The van der Waals surface area contributed by atoms with Gasteiger partial charge in [-0.1, -0.05) is 0 Å². The Balaban J connectivity index is 4.34. The Kier molecular flexibility index (Phi) is 5.75. The molecule has 0 radical (unpaired) electrons. The van der Waals surface area contributed by atoms with Crippen molar-refractivity contribution in [1.29, 1.82) is 0 Å². The third-order valence-corrected chi connectivity index (χ3v) is 6.24. The SMILES string of the molecule is COP(=S)(OC)SC(=O)N(C)C=O. The molecule has 0 aliphatic rings. The number of amides is 2. The number of carbonyl (C=O) groups is 2. The highest BCUT2D eigenvalue weighted by molar-refractivity contribution is 8.73. The molecule has 0 saturated heterocycles. The van der Waals surface area contributed by atoms with Crippen LogP contribution in [0.1, 0.15) is 0 Å². The molecule has 0 N–H and O–H groups in total. The summed E-state index contributed by atoms with van der Waals surface area (Å²) in [6.45, 7) is 0. The van der Waals surface area contributed by atoms with E-state index < -0.39 is 10.9 Å². The van der Waals surface area contributed by atoms with E-state index in [0.717, 1.165) is 4.90 Å². The maximum Gasteiger partial charge on any atom is 0.296 e. The zero-order valence-electron chi connectivity index (χ0n) is 7.42. The van der Waals surface area contributed by atoms with Gasteiger partial charge in [0, 0.05) is 32.6 Å². The van der Waals surface area contributed by atoms with E-state index in [2.05, 4.69) is 0 Å². The van der Waals surface area contributed by atoms with Crippen LogP contribution in [0.5, 0.6) is 0 Å². The number of hydrogen-bond acceptors (Lipinski definition) is 6. The van der Waals surface area contributed by atoms with E-state index >= 15 is 0 Å². The first-order valence-electron chi connectivity index (χ1n) is 3.12. The van der Waals surface area contributed by atoms with E-state index in [1.165, 1.54) is 21.3 Å². The normalized spacial score (nSPS) is 11.0. The molecule has 0 heterocycles. The van der Waals surface area contributed by atoms with Crippen molar-refractivity contribution >= 4 is 40.5 Å². The molecule has 0 rings (SSSR count). The molecule has 8 heteroatoms. The summed E-state index contributed by atoms with van der Waals surface area (Å²) < 4.78 is 9.71. The second-order valence-corrected chi connectivity index (χ2v) is 8.17. The van der Waals surface area contributed by atoms with Gasteiger partial charge in [-0.3, -0.25) is 14.5 Å². The van der Waals surface area contributed by atoms with E-state index in [4.69, 9.17) is 20.9 Å². The number of hydrogen-bond donors (Lipinski definition) is 0. The molecule has 0 aromatic rings. The Morgan fingerprint density at radius 1 is 1.54 bits per heavy atom. The van der Waals surface area contributed by atoms with Crippen LogP contribution in [0.15, 0.2) is 0 Å². The summed E-state index contributed by atoms with van der Waals surface area (Å²) in [5, 5.41) is -0.484. The van der Waals surface area contributed by atoms with Crippen molar-refractivity contribution in [2.75, 3.05) is 21.3 Å². The molecule has 0 unspecified atom stereocenters. The molecule has 0 aromatic carbocycles. The van der Waals surface area contributed by atoms with Crippen LogP contribution in [0.4, 0.5) is 4.79 Å². The fraction of sp³-hybridized carbons (Fsp3) is 0.600. The average molecular weight is 243 g/mol. The number of imide groups is 1. The average Bonchev–Trinajstić information content (AvgIpc) is 2.16. The van der Waals surface area contributed by atoms with Gasteiger partial charge in [0.05, 0.1) is 0 Å². The summed E-state index contributed by atoms with van der Waals surface area (Å²) in [5.74, 6) is 0. The Hall–Kier alpha value is 0.0600. The highest BCUT2D eigenvalue weighted by atomic mass is 32.9. The lowest BCUT2D eigenvalue weighted by molar-refractivity contribution is -0.114. The first-order chi connectivity index (χ1) is 5.99. The maximum atomic E-state index is 11.2. The number of rotatable bonds is 4. The van der Waals surface area contributed by atoms with Crippen LogP contribution >= 0.6 is 17.1 Å². The zero-order chi connectivity index (χ0) is 10.5. The van der Waals surface area contributed by atoms with Gasteiger partial charge in [0.25, 0.3) is 10.9 Å². The van der Waals surface area contributed by atoms with Crippen LogP contribution in [-0.2, 0) is 25.6 Å². The lowest BCUT2D eigenvalue weighted by Crippen LogP contribution is -2.20. The molecule has 0 aliphatic heterocycles. The third kappa shape index (κ3) is 4.19. The van der Waals surface area contributed by atoms with Crippen molar-refractivity contribution in [3.8, 4) is 0 Å². The molecule has 76 valence electrons. The minimum absolute atomic E-state index is 0.403. The summed E-state index contributed by atoms with van der Waals surface area (Å²) in [4.78, 5) is 22.2. The van der Waals surface area contributed by atoms with E-state index in [9.17, 15) is 9.59 Å². The van der Waals surface area contributed by atoms with Gasteiger partial charge in [-0.15, -0.1) is 0 Å². The fourth-order valence-corrected chi connectivity index (χ4v) is 2.99. The Morgan fingerprint density at radius 2 is 2.00 bits per heavy atom. The van der Waals surface area contributed by atoms with Gasteiger partial charge in [-0.2, -0.15) is 0 Å². The Morgan fingerprint density at radius 3 is 2.31 bits per heavy atom. The molecular formula is C5H10NO4PS2.